The number of benzene rings is 1. The first-order chi connectivity index (χ1) is 6.40. The summed E-state index contributed by atoms with van der Waals surface area (Å²) < 4.78 is 5.61. The summed E-state index contributed by atoms with van der Waals surface area (Å²) in [5.74, 6) is 0.925. The largest absolute Gasteiger partial charge is 0.490 e. The van der Waals surface area contributed by atoms with Crippen LogP contribution in [0.1, 0.15) is 18.4 Å². The molecule has 67 valence electrons. The molecule has 1 aliphatic heterocycles. The number of carbonyl (C=O) groups excluding carboxylic acids is 1. The molecule has 1 aromatic rings. The van der Waals surface area contributed by atoms with E-state index in [0.717, 1.165) is 18.6 Å². The number of hydrogen-bond donors (Lipinski definition) is 0. The standard InChI is InChI=1S/C11H11O2/c12-8-7-10-6-5-9-3-1-2-4-11(9)13-10/h1-4,10H,5-7H2. The van der Waals surface area contributed by atoms with Crippen LogP contribution in [0.4, 0.5) is 0 Å². The lowest BCUT2D eigenvalue weighted by Crippen LogP contribution is -2.22. The maximum Gasteiger partial charge on any atom is 0.202 e. The second kappa shape index (κ2) is 3.60. The van der Waals surface area contributed by atoms with E-state index in [0.29, 0.717) is 6.42 Å². The van der Waals surface area contributed by atoms with E-state index in [4.69, 9.17) is 4.74 Å². The minimum Gasteiger partial charge on any atom is -0.490 e. The molecule has 0 saturated carbocycles. The summed E-state index contributed by atoms with van der Waals surface area (Å²) in [5, 5.41) is 0. The summed E-state index contributed by atoms with van der Waals surface area (Å²) in [6, 6.07) is 7.97. The van der Waals surface area contributed by atoms with E-state index in [9.17, 15) is 4.79 Å². The zero-order valence-electron chi connectivity index (χ0n) is 7.32. The zero-order chi connectivity index (χ0) is 9.10. The van der Waals surface area contributed by atoms with Gasteiger partial charge in [0.15, 0.2) is 0 Å². The van der Waals surface area contributed by atoms with Gasteiger partial charge in [0.05, 0.1) is 6.42 Å². The number of fused-ring (bicyclic) bond motifs is 1. The van der Waals surface area contributed by atoms with Gasteiger partial charge in [-0.3, -0.25) is 4.79 Å². The van der Waals surface area contributed by atoms with Crippen molar-refractivity contribution < 1.29 is 9.53 Å². The molecule has 1 aromatic carbocycles. The topological polar surface area (TPSA) is 26.3 Å². The van der Waals surface area contributed by atoms with Crippen molar-refractivity contribution in [2.24, 2.45) is 0 Å². The lowest BCUT2D eigenvalue weighted by atomic mass is 10.0. The average Bonchev–Trinajstić information content (AvgIpc) is 2.18. The van der Waals surface area contributed by atoms with Crippen LogP contribution in [-0.2, 0) is 11.2 Å². The Balaban J connectivity index is 2.15. The van der Waals surface area contributed by atoms with Crippen LogP contribution in [0.2, 0.25) is 0 Å². The quantitative estimate of drug-likeness (QED) is 0.686. The third-order valence-electron chi connectivity index (χ3n) is 2.31. The molecule has 0 amide bonds. The monoisotopic (exact) mass is 175 g/mol. The molecule has 1 radical (unpaired) electrons. The molecular weight excluding hydrogens is 164 g/mol. The van der Waals surface area contributed by atoms with Crippen molar-refractivity contribution in [2.75, 3.05) is 0 Å². The highest BCUT2D eigenvalue weighted by atomic mass is 16.5. The summed E-state index contributed by atoms with van der Waals surface area (Å²) in [7, 11) is 0. The fraction of sp³-hybridized carbons (Fsp3) is 0.364. The highest BCUT2D eigenvalue weighted by Gasteiger charge is 2.18. The van der Waals surface area contributed by atoms with Crippen LogP contribution in [0.5, 0.6) is 5.75 Å². The summed E-state index contributed by atoms with van der Waals surface area (Å²) in [5.41, 5.74) is 1.24. The summed E-state index contributed by atoms with van der Waals surface area (Å²) in [6.45, 7) is 0. The number of rotatable bonds is 2. The van der Waals surface area contributed by atoms with Crippen molar-refractivity contribution in [3.05, 3.63) is 29.8 Å². The molecule has 2 nitrogen and oxygen atoms in total. The smallest absolute Gasteiger partial charge is 0.202 e. The lowest BCUT2D eigenvalue weighted by molar-refractivity contribution is 0.180. The van der Waals surface area contributed by atoms with Gasteiger partial charge in [0, 0.05) is 0 Å². The van der Waals surface area contributed by atoms with E-state index in [2.05, 4.69) is 6.07 Å². The van der Waals surface area contributed by atoms with E-state index < -0.39 is 0 Å². The van der Waals surface area contributed by atoms with E-state index in [-0.39, 0.29) is 6.10 Å². The Morgan fingerprint density at radius 3 is 3.15 bits per heavy atom. The second-order valence-corrected chi connectivity index (χ2v) is 3.23. The molecule has 1 unspecified atom stereocenters. The Morgan fingerprint density at radius 2 is 2.31 bits per heavy atom. The number of aryl methyl sites for hydroxylation is 1. The summed E-state index contributed by atoms with van der Waals surface area (Å²) >= 11 is 0. The first kappa shape index (κ1) is 8.30. The Labute approximate surface area is 77.5 Å². The van der Waals surface area contributed by atoms with Gasteiger partial charge in [0.2, 0.25) is 6.29 Å². The lowest BCUT2D eigenvalue weighted by Gasteiger charge is -2.24. The van der Waals surface area contributed by atoms with Crippen LogP contribution >= 0.6 is 0 Å². The fourth-order valence-corrected chi connectivity index (χ4v) is 1.62. The Morgan fingerprint density at radius 1 is 1.46 bits per heavy atom. The predicted molar refractivity (Wildman–Crippen MR) is 49.5 cm³/mol. The highest BCUT2D eigenvalue weighted by Crippen LogP contribution is 2.27. The van der Waals surface area contributed by atoms with Crippen LogP contribution in [0, 0.1) is 0 Å². The first-order valence-corrected chi connectivity index (χ1v) is 4.49. The fourth-order valence-electron chi connectivity index (χ4n) is 1.62. The maximum atomic E-state index is 10.2. The van der Waals surface area contributed by atoms with Crippen molar-refractivity contribution >= 4 is 6.29 Å². The summed E-state index contributed by atoms with van der Waals surface area (Å²) in [4.78, 5) is 10.2. The van der Waals surface area contributed by atoms with Crippen LogP contribution in [0.15, 0.2) is 24.3 Å². The van der Waals surface area contributed by atoms with Gasteiger partial charge < -0.3 is 4.74 Å². The van der Waals surface area contributed by atoms with Crippen molar-refractivity contribution in [2.45, 2.75) is 25.4 Å². The molecule has 0 N–H and O–H groups in total. The van der Waals surface area contributed by atoms with Gasteiger partial charge in [0.1, 0.15) is 11.9 Å². The third-order valence-corrected chi connectivity index (χ3v) is 2.31. The van der Waals surface area contributed by atoms with E-state index >= 15 is 0 Å². The molecule has 1 heterocycles. The third kappa shape index (κ3) is 1.72. The van der Waals surface area contributed by atoms with Crippen LogP contribution < -0.4 is 4.74 Å². The predicted octanol–water partition coefficient (Wildman–Crippen LogP) is 1.88. The molecule has 0 aliphatic carbocycles. The Bertz CT molecular complexity index is 307. The van der Waals surface area contributed by atoms with E-state index in [1.54, 1.807) is 0 Å². The van der Waals surface area contributed by atoms with Gasteiger partial charge in [-0.15, -0.1) is 0 Å². The number of para-hydroxylation sites is 1. The molecule has 0 aromatic heterocycles. The van der Waals surface area contributed by atoms with Crippen molar-refractivity contribution in [1.82, 2.24) is 0 Å². The normalized spacial score (nSPS) is 20.2. The Kier molecular flexibility index (Phi) is 2.30. The minimum absolute atomic E-state index is 0.0346. The van der Waals surface area contributed by atoms with Gasteiger partial charge in [-0.2, -0.15) is 0 Å². The van der Waals surface area contributed by atoms with Crippen molar-refractivity contribution in [1.29, 1.82) is 0 Å². The summed E-state index contributed by atoms with van der Waals surface area (Å²) in [6.07, 6.45) is 4.24. The molecule has 0 spiro atoms. The van der Waals surface area contributed by atoms with Gasteiger partial charge in [0.25, 0.3) is 0 Å². The molecule has 13 heavy (non-hydrogen) atoms. The molecule has 0 bridgehead atoms. The second-order valence-electron chi connectivity index (χ2n) is 3.23. The first-order valence-electron chi connectivity index (χ1n) is 4.49. The van der Waals surface area contributed by atoms with Gasteiger partial charge in [-0.25, -0.2) is 0 Å². The van der Waals surface area contributed by atoms with Gasteiger partial charge >= 0.3 is 0 Å². The zero-order valence-corrected chi connectivity index (χ0v) is 7.32. The Hall–Kier alpha value is -1.31. The number of ether oxygens (including phenoxy) is 1. The minimum atomic E-state index is 0.0346. The molecule has 0 saturated heterocycles. The molecule has 2 rings (SSSR count). The van der Waals surface area contributed by atoms with Crippen molar-refractivity contribution in [3.8, 4) is 5.75 Å². The molecule has 2 heteroatoms. The highest BCUT2D eigenvalue weighted by molar-refractivity contribution is 5.51. The molecule has 1 aliphatic rings. The van der Waals surface area contributed by atoms with E-state index in [1.165, 1.54) is 5.56 Å². The number of hydrogen-bond acceptors (Lipinski definition) is 2. The molecule has 1 atom stereocenters. The van der Waals surface area contributed by atoms with Crippen LogP contribution in [0.25, 0.3) is 0 Å². The average molecular weight is 175 g/mol. The van der Waals surface area contributed by atoms with Crippen LogP contribution in [-0.4, -0.2) is 12.4 Å². The molecule has 0 fully saturated rings. The maximum absolute atomic E-state index is 10.2. The van der Waals surface area contributed by atoms with E-state index in [1.807, 2.05) is 24.5 Å². The van der Waals surface area contributed by atoms with Crippen LogP contribution in [0.3, 0.4) is 0 Å². The van der Waals surface area contributed by atoms with Gasteiger partial charge in [-0.1, -0.05) is 18.2 Å². The van der Waals surface area contributed by atoms with Gasteiger partial charge in [-0.05, 0) is 24.5 Å². The molecular formula is C11H11O2. The van der Waals surface area contributed by atoms with Crippen molar-refractivity contribution in [3.63, 3.8) is 0 Å². The SMILES string of the molecule is O=[C]CC1CCc2ccccc2O1.